The second-order valence-corrected chi connectivity index (χ2v) is 8.08. The van der Waals surface area contributed by atoms with Crippen molar-refractivity contribution >= 4 is 5.97 Å². The van der Waals surface area contributed by atoms with Crippen molar-refractivity contribution in [2.24, 2.45) is 11.8 Å². The standard InChI is InChI=1S/C25H33NO6.HI/c1-15(25(27)32-6)18(11-16-7-8-20(28-2)21(12-16)29-3)24-19-14-23(31-5)22(30-4)13-17(19)9-10-26-24;/h7-8,12-15,18,24,26H,9-11H2,1-6H3;1H/t15?,18?,24-;/m1./s1. The molecule has 3 atom stereocenters. The van der Waals surface area contributed by atoms with Gasteiger partial charge in [0.05, 0.1) is 48.0 Å². The first-order valence-electron chi connectivity index (χ1n) is 10.8. The van der Waals surface area contributed by atoms with Crippen molar-refractivity contribution in [3.63, 3.8) is 0 Å². The van der Waals surface area contributed by atoms with E-state index in [4.69, 9.17) is 23.7 Å². The molecule has 0 radical (unpaired) electrons. The number of ether oxygens (including phenoxy) is 5. The fraction of sp³-hybridized carbons (Fsp3) is 0.480. The van der Waals surface area contributed by atoms with Crippen LogP contribution in [0.25, 0.3) is 0 Å². The van der Waals surface area contributed by atoms with Crippen LogP contribution in [0.1, 0.15) is 29.7 Å². The van der Waals surface area contributed by atoms with Crippen LogP contribution in [0.3, 0.4) is 0 Å². The van der Waals surface area contributed by atoms with E-state index in [0.717, 1.165) is 24.3 Å². The molecule has 1 aliphatic heterocycles. The molecular formula is C25H34INO6. The van der Waals surface area contributed by atoms with Gasteiger partial charge in [0.25, 0.3) is 0 Å². The number of hydrogen-bond acceptors (Lipinski definition) is 6. The van der Waals surface area contributed by atoms with E-state index >= 15 is 0 Å². The third kappa shape index (κ3) is 5.84. The lowest BCUT2D eigenvalue weighted by molar-refractivity contribution is -0.707. The Bertz CT molecular complexity index is 951. The van der Waals surface area contributed by atoms with Crippen LogP contribution in [0, 0.1) is 11.8 Å². The first-order valence-corrected chi connectivity index (χ1v) is 10.8. The number of carbonyl (C=O) groups excluding carboxylic acids is 1. The van der Waals surface area contributed by atoms with E-state index in [9.17, 15) is 4.79 Å². The number of esters is 1. The van der Waals surface area contributed by atoms with Crippen LogP contribution in [-0.4, -0.2) is 48.1 Å². The zero-order valence-electron chi connectivity index (χ0n) is 20.1. The van der Waals surface area contributed by atoms with Gasteiger partial charge in [0, 0.05) is 17.9 Å². The Balaban J connectivity index is 0.00000385. The molecule has 0 bridgehead atoms. The molecule has 2 unspecified atom stereocenters. The summed E-state index contributed by atoms with van der Waals surface area (Å²) in [6.07, 6.45) is 1.62. The molecule has 2 aromatic carbocycles. The van der Waals surface area contributed by atoms with Crippen LogP contribution < -0.4 is 48.2 Å². The van der Waals surface area contributed by atoms with E-state index in [0.29, 0.717) is 23.7 Å². The Morgan fingerprint density at radius 1 is 0.939 bits per heavy atom. The summed E-state index contributed by atoms with van der Waals surface area (Å²) in [7, 11) is 7.98. The Morgan fingerprint density at radius 3 is 2.15 bits per heavy atom. The van der Waals surface area contributed by atoms with E-state index in [2.05, 4.69) is 17.4 Å². The zero-order chi connectivity index (χ0) is 23.3. The van der Waals surface area contributed by atoms with Gasteiger partial charge in [-0.15, -0.1) is 0 Å². The number of quaternary nitrogens is 1. The molecule has 1 heterocycles. The minimum atomic E-state index is -0.298. The van der Waals surface area contributed by atoms with Gasteiger partial charge in [-0.05, 0) is 41.8 Å². The summed E-state index contributed by atoms with van der Waals surface area (Å²) in [5.41, 5.74) is 3.48. The number of carbonyl (C=O) groups is 1. The van der Waals surface area contributed by atoms with Gasteiger partial charge < -0.3 is 53.0 Å². The van der Waals surface area contributed by atoms with Gasteiger partial charge in [-0.1, -0.05) is 13.0 Å². The maximum Gasteiger partial charge on any atom is 0.308 e. The second kappa shape index (κ2) is 12.3. The van der Waals surface area contributed by atoms with Crippen LogP contribution >= 0.6 is 0 Å². The molecule has 2 aromatic rings. The minimum absolute atomic E-state index is 0. The number of hydrogen-bond donors (Lipinski definition) is 1. The highest BCUT2D eigenvalue weighted by Crippen LogP contribution is 2.39. The molecule has 0 spiro atoms. The molecular weight excluding hydrogens is 537 g/mol. The van der Waals surface area contributed by atoms with Crippen molar-refractivity contribution in [1.29, 1.82) is 0 Å². The average Bonchev–Trinajstić information content (AvgIpc) is 2.84. The summed E-state index contributed by atoms with van der Waals surface area (Å²) >= 11 is 0. The second-order valence-electron chi connectivity index (χ2n) is 8.08. The van der Waals surface area contributed by atoms with Crippen LogP contribution in [0.4, 0.5) is 0 Å². The van der Waals surface area contributed by atoms with Crippen molar-refractivity contribution in [3.8, 4) is 23.0 Å². The maximum atomic E-state index is 12.6. The highest BCUT2D eigenvalue weighted by molar-refractivity contribution is 5.72. The van der Waals surface area contributed by atoms with Gasteiger partial charge in [0.15, 0.2) is 23.0 Å². The number of nitrogens with two attached hydrogens (primary N) is 1. The number of benzene rings is 2. The molecule has 3 rings (SSSR count). The normalized spacial score (nSPS) is 16.5. The Kier molecular flexibility index (Phi) is 10.1. The fourth-order valence-corrected chi connectivity index (χ4v) is 4.67. The van der Waals surface area contributed by atoms with Crippen LogP contribution in [-0.2, 0) is 22.4 Å². The molecule has 0 saturated heterocycles. The largest absolute Gasteiger partial charge is 1.00 e. The number of methoxy groups -OCH3 is 5. The van der Waals surface area contributed by atoms with Crippen LogP contribution in [0.15, 0.2) is 30.3 Å². The van der Waals surface area contributed by atoms with Crippen molar-refractivity contribution < 1.29 is 57.8 Å². The van der Waals surface area contributed by atoms with E-state index in [1.807, 2.05) is 25.1 Å². The first kappa shape index (κ1) is 27.0. The van der Waals surface area contributed by atoms with Gasteiger partial charge in [-0.2, -0.15) is 0 Å². The highest BCUT2D eigenvalue weighted by atomic mass is 127. The quantitative estimate of drug-likeness (QED) is 0.325. The predicted molar refractivity (Wildman–Crippen MR) is 121 cm³/mol. The maximum absolute atomic E-state index is 12.6. The predicted octanol–water partition coefficient (Wildman–Crippen LogP) is -0.446. The van der Waals surface area contributed by atoms with Gasteiger partial charge in [-0.25, -0.2) is 0 Å². The average molecular weight is 571 g/mol. The van der Waals surface area contributed by atoms with E-state index in [-0.39, 0.29) is 47.8 Å². The molecule has 0 aliphatic carbocycles. The topological polar surface area (TPSA) is 79.8 Å². The molecule has 0 amide bonds. The highest BCUT2D eigenvalue weighted by Gasteiger charge is 2.39. The summed E-state index contributed by atoms with van der Waals surface area (Å²) in [4.78, 5) is 12.6. The third-order valence-corrected chi connectivity index (χ3v) is 6.43. The summed E-state index contributed by atoms with van der Waals surface area (Å²) < 4.78 is 27.1. The molecule has 0 aromatic heterocycles. The summed E-state index contributed by atoms with van der Waals surface area (Å²) in [5.74, 6) is 2.27. The van der Waals surface area contributed by atoms with Gasteiger partial charge in [0.2, 0.25) is 0 Å². The summed E-state index contributed by atoms with van der Waals surface area (Å²) in [6, 6.07) is 10.1. The van der Waals surface area contributed by atoms with Gasteiger partial charge >= 0.3 is 5.97 Å². The Labute approximate surface area is 213 Å². The lowest BCUT2D eigenvalue weighted by Crippen LogP contribution is -3.00. The van der Waals surface area contributed by atoms with Crippen LogP contribution in [0.2, 0.25) is 0 Å². The molecule has 7 nitrogen and oxygen atoms in total. The molecule has 1 aliphatic rings. The zero-order valence-corrected chi connectivity index (χ0v) is 22.3. The first-order chi connectivity index (χ1) is 15.5. The van der Waals surface area contributed by atoms with E-state index in [1.165, 1.54) is 18.2 Å². The SMILES string of the molecule is COC(=O)C(C)C(Cc1ccc(OC)c(OC)c1)[C@H]1[NH2+]CCc2cc(OC)c(OC)cc21.[I-]. The number of fused-ring (bicyclic) bond motifs is 1. The van der Waals surface area contributed by atoms with Crippen molar-refractivity contribution in [2.75, 3.05) is 42.1 Å². The fourth-order valence-electron chi connectivity index (χ4n) is 4.67. The third-order valence-electron chi connectivity index (χ3n) is 6.43. The number of rotatable bonds is 9. The van der Waals surface area contributed by atoms with E-state index < -0.39 is 0 Å². The van der Waals surface area contributed by atoms with Crippen molar-refractivity contribution in [1.82, 2.24) is 0 Å². The van der Waals surface area contributed by atoms with Gasteiger partial charge in [0.1, 0.15) is 6.04 Å². The molecule has 8 heteroatoms. The van der Waals surface area contributed by atoms with Crippen LogP contribution in [0.5, 0.6) is 23.0 Å². The van der Waals surface area contributed by atoms with Crippen molar-refractivity contribution in [3.05, 3.63) is 47.0 Å². The Morgan fingerprint density at radius 2 is 1.55 bits per heavy atom. The van der Waals surface area contributed by atoms with Crippen molar-refractivity contribution in [2.45, 2.75) is 25.8 Å². The monoisotopic (exact) mass is 571 g/mol. The smallest absolute Gasteiger partial charge is 0.308 e. The molecule has 182 valence electrons. The molecule has 33 heavy (non-hydrogen) atoms. The van der Waals surface area contributed by atoms with E-state index in [1.54, 1.807) is 28.4 Å². The van der Waals surface area contributed by atoms with Gasteiger partial charge in [-0.3, -0.25) is 4.79 Å². The minimum Gasteiger partial charge on any atom is -1.00 e. The summed E-state index contributed by atoms with van der Waals surface area (Å²) in [5, 5.41) is 2.32. The molecule has 0 fully saturated rings. The lowest BCUT2D eigenvalue weighted by Gasteiger charge is -2.33. The Hall–Kier alpha value is -2.20. The molecule has 0 saturated carbocycles. The summed E-state index contributed by atoms with van der Waals surface area (Å²) in [6.45, 7) is 2.88. The number of halogens is 1. The molecule has 2 N–H and O–H groups in total. The lowest BCUT2D eigenvalue weighted by atomic mass is 9.76.